The van der Waals surface area contributed by atoms with Crippen LogP contribution in [-0.2, 0) is 0 Å². The Hall–Kier alpha value is -1.42. The van der Waals surface area contributed by atoms with E-state index in [2.05, 4.69) is 24.1 Å². The molecular formula is C12H17N3O. The molecule has 0 bridgehead atoms. The molecule has 2 heterocycles. The molecule has 4 heteroatoms. The molecule has 1 amide bonds. The highest BCUT2D eigenvalue weighted by Gasteiger charge is 2.25. The number of rotatable bonds is 1. The van der Waals surface area contributed by atoms with Crippen LogP contribution in [0.15, 0.2) is 24.4 Å². The van der Waals surface area contributed by atoms with Crippen LogP contribution in [0.3, 0.4) is 0 Å². The van der Waals surface area contributed by atoms with Crippen molar-refractivity contribution < 1.29 is 4.79 Å². The van der Waals surface area contributed by atoms with Crippen LogP contribution in [0.1, 0.15) is 24.3 Å². The molecule has 0 aromatic carbocycles. The predicted molar refractivity (Wildman–Crippen MR) is 62.2 cm³/mol. The van der Waals surface area contributed by atoms with E-state index in [1.54, 1.807) is 12.3 Å². The lowest BCUT2D eigenvalue weighted by Crippen LogP contribution is -2.55. The summed E-state index contributed by atoms with van der Waals surface area (Å²) in [4.78, 5) is 18.1. The summed E-state index contributed by atoms with van der Waals surface area (Å²) in [5.74, 6) is 0.0285. The Morgan fingerprint density at radius 2 is 2.06 bits per heavy atom. The van der Waals surface area contributed by atoms with Crippen LogP contribution in [0, 0.1) is 0 Å². The van der Waals surface area contributed by atoms with E-state index in [1.165, 1.54) is 0 Å². The number of amides is 1. The molecule has 0 radical (unpaired) electrons. The Morgan fingerprint density at radius 1 is 1.38 bits per heavy atom. The molecule has 1 aliphatic heterocycles. The zero-order valence-electron chi connectivity index (χ0n) is 9.68. The average molecular weight is 219 g/mol. The van der Waals surface area contributed by atoms with Crippen molar-refractivity contribution in [1.82, 2.24) is 15.2 Å². The Bertz CT molecular complexity index is 356. The highest BCUT2D eigenvalue weighted by atomic mass is 16.2. The number of pyridine rings is 1. The fourth-order valence-corrected chi connectivity index (χ4v) is 2.14. The van der Waals surface area contributed by atoms with Crippen LogP contribution < -0.4 is 5.32 Å². The summed E-state index contributed by atoms with van der Waals surface area (Å²) >= 11 is 0. The minimum absolute atomic E-state index is 0.0285. The first-order valence-electron chi connectivity index (χ1n) is 5.63. The second-order valence-electron chi connectivity index (χ2n) is 4.39. The van der Waals surface area contributed by atoms with Gasteiger partial charge < -0.3 is 10.2 Å². The van der Waals surface area contributed by atoms with E-state index in [-0.39, 0.29) is 5.91 Å². The molecule has 4 nitrogen and oxygen atoms in total. The van der Waals surface area contributed by atoms with Gasteiger partial charge in [-0.2, -0.15) is 0 Å². The molecule has 0 unspecified atom stereocenters. The monoisotopic (exact) mass is 219 g/mol. The highest BCUT2D eigenvalue weighted by molar-refractivity contribution is 5.92. The Balaban J connectivity index is 2.10. The maximum Gasteiger partial charge on any atom is 0.272 e. The van der Waals surface area contributed by atoms with Crippen molar-refractivity contribution in [3.05, 3.63) is 30.1 Å². The molecule has 0 saturated carbocycles. The fraction of sp³-hybridized carbons (Fsp3) is 0.500. The lowest BCUT2D eigenvalue weighted by molar-refractivity contribution is 0.0668. The maximum absolute atomic E-state index is 12.1. The van der Waals surface area contributed by atoms with Gasteiger partial charge in [-0.15, -0.1) is 0 Å². The molecule has 2 rings (SSSR count). The summed E-state index contributed by atoms with van der Waals surface area (Å²) in [7, 11) is 0. The second kappa shape index (κ2) is 4.61. The van der Waals surface area contributed by atoms with Gasteiger partial charge in [0.05, 0.1) is 0 Å². The van der Waals surface area contributed by atoms with Crippen molar-refractivity contribution in [3.63, 3.8) is 0 Å². The van der Waals surface area contributed by atoms with Gasteiger partial charge >= 0.3 is 0 Å². The summed E-state index contributed by atoms with van der Waals surface area (Å²) in [6.45, 7) is 5.68. The van der Waals surface area contributed by atoms with Crippen LogP contribution in [-0.4, -0.2) is 41.0 Å². The van der Waals surface area contributed by atoms with Crippen molar-refractivity contribution in [2.45, 2.75) is 25.9 Å². The first kappa shape index (κ1) is 11.1. The van der Waals surface area contributed by atoms with Crippen molar-refractivity contribution >= 4 is 5.91 Å². The highest BCUT2D eigenvalue weighted by Crippen LogP contribution is 2.08. The minimum Gasteiger partial charge on any atom is -0.334 e. The van der Waals surface area contributed by atoms with Gasteiger partial charge in [0.1, 0.15) is 5.69 Å². The third kappa shape index (κ3) is 2.39. The van der Waals surface area contributed by atoms with Crippen molar-refractivity contribution in [1.29, 1.82) is 0 Å². The molecule has 1 saturated heterocycles. The fourth-order valence-electron chi connectivity index (χ4n) is 2.14. The quantitative estimate of drug-likeness (QED) is 0.763. The van der Waals surface area contributed by atoms with Gasteiger partial charge in [-0.3, -0.25) is 9.78 Å². The van der Waals surface area contributed by atoms with Crippen LogP contribution in [0.5, 0.6) is 0 Å². The second-order valence-corrected chi connectivity index (χ2v) is 4.39. The molecule has 0 spiro atoms. The number of carbonyl (C=O) groups excluding carboxylic acids is 1. The minimum atomic E-state index is 0.0285. The Kier molecular flexibility index (Phi) is 3.19. The lowest BCUT2D eigenvalue weighted by atomic mass is 10.1. The zero-order chi connectivity index (χ0) is 11.5. The van der Waals surface area contributed by atoms with Crippen molar-refractivity contribution in [2.24, 2.45) is 0 Å². The van der Waals surface area contributed by atoms with E-state index < -0.39 is 0 Å². The number of piperazine rings is 1. The largest absolute Gasteiger partial charge is 0.334 e. The number of carbonyl (C=O) groups is 1. The van der Waals surface area contributed by atoms with Gasteiger partial charge in [0, 0.05) is 31.4 Å². The van der Waals surface area contributed by atoms with E-state index in [1.807, 2.05) is 17.0 Å². The summed E-state index contributed by atoms with van der Waals surface area (Å²) in [6.07, 6.45) is 1.66. The molecule has 1 N–H and O–H groups in total. The van der Waals surface area contributed by atoms with Crippen molar-refractivity contribution in [2.75, 3.05) is 13.1 Å². The average Bonchev–Trinajstić information content (AvgIpc) is 2.28. The molecule has 2 atom stereocenters. The molecule has 16 heavy (non-hydrogen) atoms. The molecule has 1 fully saturated rings. The number of hydrogen-bond acceptors (Lipinski definition) is 3. The third-order valence-electron chi connectivity index (χ3n) is 2.73. The first-order valence-corrected chi connectivity index (χ1v) is 5.63. The number of hydrogen-bond donors (Lipinski definition) is 1. The maximum atomic E-state index is 12.1. The number of nitrogens with one attached hydrogen (secondary N) is 1. The molecular weight excluding hydrogens is 202 g/mol. The third-order valence-corrected chi connectivity index (χ3v) is 2.73. The van der Waals surface area contributed by atoms with E-state index in [0.717, 1.165) is 13.1 Å². The lowest BCUT2D eigenvalue weighted by Gasteiger charge is -2.35. The summed E-state index contributed by atoms with van der Waals surface area (Å²) < 4.78 is 0. The van der Waals surface area contributed by atoms with Crippen LogP contribution in [0.4, 0.5) is 0 Å². The summed E-state index contributed by atoms with van der Waals surface area (Å²) in [5, 5.41) is 3.40. The zero-order valence-corrected chi connectivity index (χ0v) is 9.68. The molecule has 1 aromatic rings. The first-order chi connectivity index (χ1) is 7.66. The number of aromatic nitrogens is 1. The van der Waals surface area contributed by atoms with Gasteiger partial charge in [0.2, 0.25) is 0 Å². The van der Waals surface area contributed by atoms with E-state index in [9.17, 15) is 4.79 Å². The van der Waals surface area contributed by atoms with Gasteiger partial charge in [0.25, 0.3) is 5.91 Å². The van der Waals surface area contributed by atoms with E-state index >= 15 is 0 Å². The molecule has 86 valence electrons. The Morgan fingerprint density at radius 3 is 2.62 bits per heavy atom. The van der Waals surface area contributed by atoms with E-state index in [0.29, 0.717) is 17.8 Å². The van der Waals surface area contributed by atoms with Gasteiger partial charge in [-0.05, 0) is 26.0 Å². The smallest absolute Gasteiger partial charge is 0.272 e. The molecule has 1 aromatic heterocycles. The standard InChI is InChI=1S/C12H17N3O/c1-9-7-15(8-10(2)14-9)12(16)11-5-3-4-6-13-11/h3-6,9-10,14H,7-8H2,1-2H3/t9-,10+. The predicted octanol–water partition coefficient (Wildman–Crippen LogP) is 0.904. The van der Waals surface area contributed by atoms with Crippen molar-refractivity contribution in [3.8, 4) is 0 Å². The van der Waals surface area contributed by atoms with Gasteiger partial charge in [-0.1, -0.05) is 6.07 Å². The topological polar surface area (TPSA) is 45.2 Å². The summed E-state index contributed by atoms with van der Waals surface area (Å²) in [6, 6.07) is 6.11. The molecule has 1 aliphatic rings. The van der Waals surface area contributed by atoms with Gasteiger partial charge in [0.15, 0.2) is 0 Å². The van der Waals surface area contributed by atoms with Gasteiger partial charge in [-0.25, -0.2) is 0 Å². The molecule has 0 aliphatic carbocycles. The normalized spacial score (nSPS) is 25.5. The summed E-state index contributed by atoms with van der Waals surface area (Å²) in [5.41, 5.74) is 0.531. The van der Waals surface area contributed by atoms with Crippen LogP contribution in [0.25, 0.3) is 0 Å². The SMILES string of the molecule is C[C@@H]1CN(C(=O)c2ccccn2)C[C@H](C)N1. The number of nitrogens with zero attached hydrogens (tertiary/aromatic N) is 2. The Labute approximate surface area is 95.7 Å². The van der Waals surface area contributed by atoms with E-state index in [4.69, 9.17) is 0 Å². The van der Waals surface area contributed by atoms with Crippen LogP contribution in [0.2, 0.25) is 0 Å². The van der Waals surface area contributed by atoms with Crippen LogP contribution >= 0.6 is 0 Å².